The van der Waals surface area contributed by atoms with Crippen LogP contribution in [0.2, 0.25) is 0 Å². The average Bonchev–Trinajstić information content (AvgIpc) is 2.87. The van der Waals surface area contributed by atoms with Gasteiger partial charge in [0.1, 0.15) is 0 Å². The molecule has 0 atom stereocenters. The van der Waals surface area contributed by atoms with Gasteiger partial charge in [-0.15, -0.1) is 0 Å². The van der Waals surface area contributed by atoms with Gasteiger partial charge in [-0.1, -0.05) is 12.5 Å². The molecule has 1 saturated heterocycles. The van der Waals surface area contributed by atoms with Crippen molar-refractivity contribution in [2.75, 3.05) is 19.9 Å². The molecule has 18 heavy (non-hydrogen) atoms. The zero-order valence-electron chi connectivity index (χ0n) is 10.8. The topological polar surface area (TPSA) is 30.5 Å². The van der Waals surface area contributed by atoms with Crippen LogP contribution < -0.4 is 14.8 Å². The van der Waals surface area contributed by atoms with Gasteiger partial charge in [-0.05, 0) is 62.4 Å². The molecule has 2 heterocycles. The molecule has 0 amide bonds. The predicted molar refractivity (Wildman–Crippen MR) is 71.1 cm³/mol. The van der Waals surface area contributed by atoms with Crippen LogP contribution in [0.15, 0.2) is 18.2 Å². The largest absolute Gasteiger partial charge is 0.454 e. The van der Waals surface area contributed by atoms with Crippen molar-refractivity contribution in [3.8, 4) is 11.5 Å². The summed E-state index contributed by atoms with van der Waals surface area (Å²) in [6.45, 7) is 2.78. The second-order valence-electron chi connectivity index (χ2n) is 5.27. The van der Waals surface area contributed by atoms with Crippen molar-refractivity contribution in [3.63, 3.8) is 0 Å². The molecule has 0 aromatic heterocycles. The van der Waals surface area contributed by atoms with Crippen molar-refractivity contribution >= 4 is 0 Å². The first-order chi connectivity index (χ1) is 8.92. The van der Waals surface area contributed by atoms with E-state index in [0.717, 1.165) is 23.8 Å². The minimum absolute atomic E-state index is 0.369. The van der Waals surface area contributed by atoms with E-state index in [2.05, 4.69) is 17.4 Å². The highest BCUT2D eigenvalue weighted by atomic mass is 16.7. The second kappa shape index (κ2) is 5.61. The third kappa shape index (κ3) is 2.78. The van der Waals surface area contributed by atoms with Crippen LogP contribution in [-0.4, -0.2) is 19.9 Å². The molecule has 1 N–H and O–H groups in total. The molecular weight excluding hydrogens is 226 g/mol. The number of ether oxygens (including phenoxy) is 2. The molecule has 0 aliphatic carbocycles. The van der Waals surface area contributed by atoms with Gasteiger partial charge < -0.3 is 14.8 Å². The van der Waals surface area contributed by atoms with Crippen LogP contribution in [-0.2, 0) is 6.42 Å². The summed E-state index contributed by atoms with van der Waals surface area (Å²) in [5.41, 5.74) is 1.37. The van der Waals surface area contributed by atoms with E-state index in [1.54, 1.807) is 0 Å². The van der Waals surface area contributed by atoms with Crippen molar-refractivity contribution < 1.29 is 9.47 Å². The number of piperidine rings is 1. The summed E-state index contributed by atoms with van der Waals surface area (Å²) in [6, 6.07) is 6.32. The molecule has 2 aliphatic heterocycles. The quantitative estimate of drug-likeness (QED) is 0.887. The third-order valence-corrected chi connectivity index (χ3v) is 3.97. The van der Waals surface area contributed by atoms with Gasteiger partial charge in [-0.3, -0.25) is 0 Å². The van der Waals surface area contributed by atoms with Gasteiger partial charge in [0.25, 0.3) is 0 Å². The molecule has 98 valence electrons. The lowest BCUT2D eigenvalue weighted by Crippen LogP contribution is -2.27. The summed E-state index contributed by atoms with van der Waals surface area (Å²) in [5.74, 6) is 2.73. The molecule has 2 aliphatic rings. The molecule has 1 fully saturated rings. The highest BCUT2D eigenvalue weighted by Crippen LogP contribution is 2.33. The highest BCUT2D eigenvalue weighted by molar-refractivity contribution is 5.44. The predicted octanol–water partition coefficient (Wildman–Crippen LogP) is 2.74. The lowest BCUT2D eigenvalue weighted by Gasteiger charge is -2.22. The van der Waals surface area contributed by atoms with Crippen LogP contribution in [0.25, 0.3) is 0 Å². The van der Waals surface area contributed by atoms with E-state index in [-0.39, 0.29) is 0 Å². The number of hydrogen-bond donors (Lipinski definition) is 1. The van der Waals surface area contributed by atoms with Gasteiger partial charge in [0.05, 0.1) is 0 Å². The zero-order valence-corrected chi connectivity index (χ0v) is 10.8. The van der Waals surface area contributed by atoms with Gasteiger partial charge in [0.15, 0.2) is 11.5 Å². The summed E-state index contributed by atoms with van der Waals surface area (Å²) in [6.07, 6.45) is 6.49. The molecule has 1 aromatic rings. The van der Waals surface area contributed by atoms with Crippen molar-refractivity contribution in [1.82, 2.24) is 5.32 Å². The van der Waals surface area contributed by atoms with E-state index in [4.69, 9.17) is 9.47 Å². The van der Waals surface area contributed by atoms with Gasteiger partial charge in [-0.2, -0.15) is 0 Å². The van der Waals surface area contributed by atoms with Gasteiger partial charge in [0, 0.05) is 0 Å². The normalized spacial score (nSPS) is 19.1. The lowest BCUT2D eigenvalue weighted by molar-refractivity contribution is 0.174. The van der Waals surface area contributed by atoms with Crippen LogP contribution in [0.4, 0.5) is 0 Å². The fourth-order valence-electron chi connectivity index (χ4n) is 2.86. The summed E-state index contributed by atoms with van der Waals surface area (Å²) >= 11 is 0. The molecule has 0 radical (unpaired) electrons. The van der Waals surface area contributed by atoms with E-state index in [1.807, 2.05) is 6.07 Å². The Morgan fingerprint density at radius 1 is 1.11 bits per heavy atom. The smallest absolute Gasteiger partial charge is 0.231 e. The number of benzene rings is 1. The maximum Gasteiger partial charge on any atom is 0.231 e. The Morgan fingerprint density at radius 3 is 2.83 bits per heavy atom. The molecular formula is C15H21NO2. The summed E-state index contributed by atoms with van der Waals surface area (Å²) < 4.78 is 10.7. The monoisotopic (exact) mass is 247 g/mol. The highest BCUT2D eigenvalue weighted by Gasteiger charge is 2.14. The number of rotatable bonds is 4. The van der Waals surface area contributed by atoms with E-state index in [1.165, 1.54) is 44.3 Å². The standard InChI is InChI=1S/C15H21NO2/c1(2-12-6-8-16-9-7-12)3-13-4-5-14-15(10-13)18-11-17-14/h4-5,10,12,16H,1-3,6-9,11H2. The Kier molecular flexibility index (Phi) is 3.69. The Balaban J connectivity index is 1.48. The van der Waals surface area contributed by atoms with E-state index < -0.39 is 0 Å². The second-order valence-corrected chi connectivity index (χ2v) is 5.27. The minimum atomic E-state index is 0.369. The number of fused-ring (bicyclic) bond motifs is 1. The fourth-order valence-corrected chi connectivity index (χ4v) is 2.86. The summed E-state index contributed by atoms with van der Waals surface area (Å²) in [5, 5.41) is 3.42. The van der Waals surface area contributed by atoms with Crippen LogP contribution in [0.5, 0.6) is 11.5 Å². The Bertz CT molecular complexity index is 399. The summed E-state index contributed by atoms with van der Waals surface area (Å²) in [4.78, 5) is 0. The molecule has 3 nitrogen and oxygen atoms in total. The lowest BCUT2D eigenvalue weighted by atomic mass is 9.91. The number of aryl methyl sites for hydroxylation is 1. The van der Waals surface area contributed by atoms with Crippen LogP contribution >= 0.6 is 0 Å². The molecule has 3 heteroatoms. The van der Waals surface area contributed by atoms with Crippen LogP contribution in [0.3, 0.4) is 0 Å². The minimum Gasteiger partial charge on any atom is -0.454 e. The fraction of sp³-hybridized carbons (Fsp3) is 0.600. The van der Waals surface area contributed by atoms with Crippen molar-refractivity contribution in [3.05, 3.63) is 23.8 Å². The van der Waals surface area contributed by atoms with E-state index >= 15 is 0 Å². The van der Waals surface area contributed by atoms with Gasteiger partial charge >= 0.3 is 0 Å². The molecule has 3 rings (SSSR count). The summed E-state index contributed by atoms with van der Waals surface area (Å²) in [7, 11) is 0. The molecule has 1 aromatic carbocycles. The Hall–Kier alpha value is -1.22. The SMILES string of the molecule is c1cc2c(cc1CCCC1CCNCC1)OCO2. The van der Waals surface area contributed by atoms with Crippen molar-refractivity contribution in [1.29, 1.82) is 0 Å². The van der Waals surface area contributed by atoms with Crippen LogP contribution in [0, 0.1) is 5.92 Å². The first kappa shape index (κ1) is 11.8. The Morgan fingerprint density at radius 2 is 1.94 bits per heavy atom. The molecule has 0 saturated carbocycles. The van der Waals surface area contributed by atoms with Crippen LogP contribution in [0.1, 0.15) is 31.2 Å². The van der Waals surface area contributed by atoms with E-state index in [0.29, 0.717) is 6.79 Å². The van der Waals surface area contributed by atoms with E-state index in [9.17, 15) is 0 Å². The van der Waals surface area contributed by atoms with Gasteiger partial charge in [0.2, 0.25) is 6.79 Å². The number of nitrogens with one attached hydrogen (secondary N) is 1. The average molecular weight is 247 g/mol. The number of hydrogen-bond acceptors (Lipinski definition) is 3. The van der Waals surface area contributed by atoms with Crippen molar-refractivity contribution in [2.45, 2.75) is 32.1 Å². The molecule has 0 unspecified atom stereocenters. The Labute approximate surface area is 108 Å². The first-order valence-corrected chi connectivity index (χ1v) is 7.01. The molecule has 0 spiro atoms. The molecule has 0 bridgehead atoms. The maximum absolute atomic E-state index is 5.40. The van der Waals surface area contributed by atoms with Crippen molar-refractivity contribution in [2.24, 2.45) is 5.92 Å². The zero-order chi connectivity index (χ0) is 12.2. The third-order valence-electron chi connectivity index (χ3n) is 3.97. The maximum atomic E-state index is 5.40. The van der Waals surface area contributed by atoms with Gasteiger partial charge in [-0.25, -0.2) is 0 Å². The first-order valence-electron chi connectivity index (χ1n) is 7.01.